The van der Waals surface area contributed by atoms with Crippen LogP contribution < -0.4 is 5.32 Å². The second kappa shape index (κ2) is 7.69. The molecule has 2 rings (SSSR count). The average molecular weight is 300 g/mol. The largest absolute Gasteiger partial charge is 0.340 e. The molecule has 0 aliphatic rings. The Morgan fingerprint density at radius 3 is 2.64 bits per heavy atom. The van der Waals surface area contributed by atoms with Crippen LogP contribution in [0, 0.1) is 5.82 Å². The third-order valence-corrected chi connectivity index (χ3v) is 3.61. The summed E-state index contributed by atoms with van der Waals surface area (Å²) in [5, 5.41) is 3.12. The first-order valence-corrected chi connectivity index (χ1v) is 7.64. The van der Waals surface area contributed by atoms with Gasteiger partial charge < -0.3 is 10.1 Å². The van der Waals surface area contributed by atoms with Gasteiger partial charge in [-0.25, -0.2) is 9.37 Å². The van der Waals surface area contributed by atoms with Crippen LogP contribution >= 0.6 is 0 Å². The number of aldehydes is 1. The molecule has 0 fully saturated rings. The predicted molar refractivity (Wildman–Crippen MR) is 87.1 cm³/mol. The van der Waals surface area contributed by atoms with Crippen LogP contribution in [-0.2, 0) is 24.1 Å². The van der Waals surface area contributed by atoms with Gasteiger partial charge in [-0.05, 0) is 47.7 Å². The summed E-state index contributed by atoms with van der Waals surface area (Å²) in [6, 6.07) is 6.79. The van der Waals surface area contributed by atoms with Gasteiger partial charge in [-0.15, -0.1) is 0 Å². The Labute approximate surface area is 130 Å². The number of nitrogens with one attached hydrogen (secondary N) is 1. The highest BCUT2D eigenvalue weighted by Gasteiger charge is 2.06. The SMILES string of the molecule is CCCc1cnc(Nc2ccc(CC=O)c(F)c2)cc1CC. The summed E-state index contributed by atoms with van der Waals surface area (Å²) >= 11 is 0. The number of aryl methyl sites for hydroxylation is 2. The third kappa shape index (κ3) is 3.91. The van der Waals surface area contributed by atoms with Gasteiger partial charge >= 0.3 is 0 Å². The summed E-state index contributed by atoms with van der Waals surface area (Å²) in [6.07, 6.45) is 5.74. The number of hydrogen-bond donors (Lipinski definition) is 1. The Kier molecular flexibility index (Phi) is 5.64. The maximum Gasteiger partial charge on any atom is 0.130 e. The monoisotopic (exact) mass is 300 g/mol. The molecule has 1 aromatic carbocycles. The van der Waals surface area contributed by atoms with Crippen LogP contribution in [0.1, 0.15) is 37.0 Å². The molecule has 0 unspecified atom stereocenters. The van der Waals surface area contributed by atoms with Gasteiger partial charge in [-0.3, -0.25) is 0 Å². The highest BCUT2D eigenvalue weighted by Crippen LogP contribution is 2.21. The molecule has 0 atom stereocenters. The van der Waals surface area contributed by atoms with E-state index in [9.17, 15) is 9.18 Å². The van der Waals surface area contributed by atoms with Crippen LogP contribution in [0.25, 0.3) is 0 Å². The number of hydrogen-bond acceptors (Lipinski definition) is 3. The zero-order valence-corrected chi connectivity index (χ0v) is 13.0. The molecular formula is C18H21FN2O. The van der Waals surface area contributed by atoms with Crippen molar-refractivity contribution in [2.75, 3.05) is 5.32 Å². The van der Waals surface area contributed by atoms with E-state index in [1.54, 1.807) is 12.1 Å². The molecule has 0 aliphatic carbocycles. The first-order chi connectivity index (χ1) is 10.7. The number of nitrogens with zero attached hydrogens (tertiary/aromatic N) is 1. The molecule has 0 aliphatic heterocycles. The van der Waals surface area contributed by atoms with Gasteiger partial charge in [0.25, 0.3) is 0 Å². The number of pyridine rings is 1. The second-order valence-corrected chi connectivity index (χ2v) is 5.24. The van der Waals surface area contributed by atoms with Gasteiger partial charge in [-0.1, -0.05) is 26.3 Å². The Balaban J connectivity index is 2.19. The van der Waals surface area contributed by atoms with Crippen molar-refractivity contribution in [1.82, 2.24) is 4.98 Å². The number of carbonyl (C=O) groups excluding carboxylic acids is 1. The van der Waals surface area contributed by atoms with E-state index in [0.29, 0.717) is 23.4 Å². The molecule has 0 amide bonds. The Bertz CT molecular complexity index is 656. The first-order valence-electron chi connectivity index (χ1n) is 7.64. The van der Waals surface area contributed by atoms with E-state index in [-0.39, 0.29) is 12.2 Å². The van der Waals surface area contributed by atoms with E-state index in [2.05, 4.69) is 24.1 Å². The summed E-state index contributed by atoms with van der Waals surface area (Å²) in [5.74, 6) is 0.328. The van der Waals surface area contributed by atoms with E-state index >= 15 is 0 Å². The molecule has 4 heteroatoms. The number of anilines is 2. The van der Waals surface area contributed by atoms with Crippen molar-refractivity contribution in [3.8, 4) is 0 Å². The maximum absolute atomic E-state index is 13.8. The molecule has 0 bridgehead atoms. The lowest BCUT2D eigenvalue weighted by atomic mass is 10.0. The fourth-order valence-electron chi connectivity index (χ4n) is 2.45. The summed E-state index contributed by atoms with van der Waals surface area (Å²) in [7, 11) is 0. The van der Waals surface area contributed by atoms with E-state index in [4.69, 9.17) is 0 Å². The normalized spacial score (nSPS) is 10.5. The number of carbonyl (C=O) groups is 1. The molecule has 0 radical (unpaired) electrons. The lowest BCUT2D eigenvalue weighted by Crippen LogP contribution is -2.00. The molecule has 0 saturated carbocycles. The number of aromatic nitrogens is 1. The zero-order chi connectivity index (χ0) is 15.9. The quantitative estimate of drug-likeness (QED) is 0.778. The average Bonchev–Trinajstić information content (AvgIpc) is 2.52. The van der Waals surface area contributed by atoms with Gasteiger partial charge in [0.05, 0.1) is 0 Å². The highest BCUT2D eigenvalue weighted by atomic mass is 19.1. The zero-order valence-electron chi connectivity index (χ0n) is 13.0. The first kappa shape index (κ1) is 16.1. The van der Waals surface area contributed by atoms with Crippen molar-refractivity contribution < 1.29 is 9.18 Å². The van der Waals surface area contributed by atoms with Crippen LogP contribution in [0.2, 0.25) is 0 Å². The summed E-state index contributed by atoms with van der Waals surface area (Å²) in [6.45, 7) is 4.27. The van der Waals surface area contributed by atoms with Crippen molar-refractivity contribution in [3.05, 3.63) is 53.0 Å². The van der Waals surface area contributed by atoms with Crippen LogP contribution in [0.5, 0.6) is 0 Å². The fourth-order valence-corrected chi connectivity index (χ4v) is 2.45. The maximum atomic E-state index is 13.8. The number of benzene rings is 1. The van der Waals surface area contributed by atoms with E-state index < -0.39 is 0 Å². The molecule has 0 saturated heterocycles. The van der Waals surface area contributed by atoms with Crippen LogP contribution in [0.15, 0.2) is 30.5 Å². The summed E-state index contributed by atoms with van der Waals surface area (Å²) < 4.78 is 13.8. The fraction of sp³-hybridized carbons (Fsp3) is 0.333. The number of halogens is 1. The smallest absolute Gasteiger partial charge is 0.130 e. The second-order valence-electron chi connectivity index (χ2n) is 5.24. The third-order valence-electron chi connectivity index (χ3n) is 3.61. The molecular weight excluding hydrogens is 279 g/mol. The summed E-state index contributed by atoms with van der Waals surface area (Å²) in [4.78, 5) is 14.9. The van der Waals surface area contributed by atoms with E-state index in [0.717, 1.165) is 19.3 Å². The Morgan fingerprint density at radius 2 is 2.00 bits per heavy atom. The molecule has 22 heavy (non-hydrogen) atoms. The molecule has 116 valence electrons. The Morgan fingerprint density at radius 1 is 1.18 bits per heavy atom. The van der Waals surface area contributed by atoms with Crippen molar-refractivity contribution >= 4 is 17.8 Å². The van der Waals surface area contributed by atoms with Gasteiger partial charge in [0.1, 0.15) is 17.9 Å². The minimum Gasteiger partial charge on any atom is -0.340 e. The minimum atomic E-state index is -0.379. The van der Waals surface area contributed by atoms with Crippen molar-refractivity contribution in [3.63, 3.8) is 0 Å². The van der Waals surface area contributed by atoms with Crippen molar-refractivity contribution in [1.29, 1.82) is 0 Å². The molecule has 2 aromatic rings. The molecule has 0 spiro atoms. The standard InChI is InChI=1S/C18H21FN2O/c1-3-5-15-12-20-18(10-13(15)4-2)21-16-7-6-14(8-9-22)17(19)11-16/h6-7,9-12H,3-5,8H2,1-2H3,(H,20,21). The van der Waals surface area contributed by atoms with E-state index in [1.165, 1.54) is 17.2 Å². The summed E-state index contributed by atoms with van der Waals surface area (Å²) in [5.41, 5.74) is 3.56. The van der Waals surface area contributed by atoms with Gasteiger partial charge in [0, 0.05) is 18.3 Å². The van der Waals surface area contributed by atoms with Gasteiger partial charge in [0.2, 0.25) is 0 Å². The number of rotatable bonds is 7. The molecule has 3 nitrogen and oxygen atoms in total. The topological polar surface area (TPSA) is 42.0 Å². The van der Waals surface area contributed by atoms with Crippen LogP contribution in [-0.4, -0.2) is 11.3 Å². The lowest BCUT2D eigenvalue weighted by Gasteiger charge is -2.11. The molecule has 1 N–H and O–H groups in total. The van der Waals surface area contributed by atoms with Gasteiger partial charge in [-0.2, -0.15) is 0 Å². The van der Waals surface area contributed by atoms with Crippen molar-refractivity contribution in [2.24, 2.45) is 0 Å². The van der Waals surface area contributed by atoms with Gasteiger partial charge in [0.15, 0.2) is 0 Å². The minimum absolute atomic E-state index is 0.0933. The highest BCUT2D eigenvalue weighted by molar-refractivity contribution is 5.60. The predicted octanol–water partition coefficient (Wildman–Crippen LogP) is 4.22. The van der Waals surface area contributed by atoms with E-state index in [1.807, 2.05) is 12.3 Å². The van der Waals surface area contributed by atoms with Crippen molar-refractivity contribution in [2.45, 2.75) is 39.5 Å². The Hall–Kier alpha value is -2.23. The lowest BCUT2D eigenvalue weighted by molar-refractivity contribution is -0.107. The van der Waals surface area contributed by atoms with Crippen LogP contribution in [0.4, 0.5) is 15.9 Å². The molecule has 1 heterocycles. The molecule has 1 aromatic heterocycles. The van der Waals surface area contributed by atoms with Crippen LogP contribution in [0.3, 0.4) is 0 Å².